The van der Waals surface area contributed by atoms with Crippen LogP contribution in [0.3, 0.4) is 0 Å². The van der Waals surface area contributed by atoms with E-state index in [4.69, 9.17) is 0 Å². The van der Waals surface area contributed by atoms with Crippen molar-refractivity contribution in [2.45, 2.75) is 6.92 Å². The van der Waals surface area contributed by atoms with Crippen molar-refractivity contribution in [1.82, 2.24) is 0 Å². The average molecular weight is 380 g/mol. The molecule has 0 saturated carbocycles. The number of carbonyl (C=O) groups is 2. The molecule has 2 aromatic carbocycles. The average Bonchev–Trinajstić information content (AvgIpc) is 2.41. The minimum absolute atomic E-state index is 0.592. The molecule has 2 N–H and O–H groups in total. The number of nitrogens with one attached hydrogen (secondary N) is 2. The van der Waals surface area contributed by atoms with Crippen LogP contribution in [0.25, 0.3) is 0 Å². The molecule has 0 fully saturated rings. The highest BCUT2D eigenvalue weighted by Gasteiger charge is 2.13. The largest absolute Gasteiger partial charge is 0.318 e. The van der Waals surface area contributed by atoms with Gasteiger partial charge in [0.1, 0.15) is 0 Å². The van der Waals surface area contributed by atoms with Crippen LogP contribution in [-0.2, 0) is 9.59 Å². The number of carbonyl (C=O) groups excluding carboxylic acids is 2. The van der Waals surface area contributed by atoms with E-state index in [0.29, 0.717) is 11.4 Å². The molecule has 2 rings (SSSR count). The van der Waals surface area contributed by atoms with E-state index in [2.05, 4.69) is 33.2 Å². The van der Waals surface area contributed by atoms with Gasteiger partial charge >= 0.3 is 11.8 Å². The van der Waals surface area contributed by atoms with E-state index in [0.717, 1.165) is 9.13 Å². The van der Waals surface area contributed by atoms with E-state index >= 15 is 0 Å². The van der Waals surface area contributed by atoms with Gasteiger partial charge in [-0.1, -0.05) is 12.1 Å². The molecular weight excluding hydrogens is 367 g/mol. The molecule has 0 aliphatic rings. The van der Waals surface area contributed by atoms with Crippen molar-refractivity contribution >= 4 is 45.8 Å². The van der Waals surface area contributed by atoms with Gasteiger partial charge in [0.2, 0.25) is 0 Å². The fourth-order valence-electron chi connectivity index (χ4n) is 1.63. The van der Waals surface area contributed by atoms with Crippen molar-refractivity contribution in [1.29, 1.82) is 0 Å². The zero-order chi connectivity index (χ0) is 14.5. The summed E-state index contributed by atoms with van der Waals surface area (Å²) in [5.74, 6) is -1.37. The molecule has 4 nitrogen and oxygen atoms in total. The number of halogens is 1. The Morgan fingerprint density at radius 3 is 2.10 bits per heavy atom. The summed E-state index contributed by atoms with van der Waals surface area (Å²) in [7, 11) is 0. The van der Waals surface area contributed by atoms with Crippen molar-refractivity contribution < 1.29 is 9.59 Å². The summed E-state index contributed by atoms with van der Waals surface area (Å²) in [6.45, 7) is 1.92. The lowest BCUT2D eigenvalue weighted by atomic mass is 10.2. The number of benzene rings is 2. The summed E-state index contributed by atoms with van der Waals surface area (Å²) in [6, 6.07) is 14.5. The number of rotatable bonds is 2. The molecule has 0 unspecified atom stereocenters. The fourth-order valence-corrected chi connectivity index (χ4v) is 1.99. The maximum Gasteiger partial charge on any atom is 0.314 e. The number of anilines is 2. The number of hydrogen-bond acceptors (Lipinski definition) is 2. The highest BCUT2D eigenvalue weighted by atomic mass is 127. The molecule has 0 aliphatic carbocycles. The Bertz CT molecular complexity index is 639. The minimum atomic E-state index is -0.687. The Hall–Kier alpha value is -1.89. The third kappa shape index (κ3) is 4.06. The first-order valence-corrected chi connectivity index (χ1v) is 7.07. The summed E-state index contributed by atoms with van der Waals surface area (Å²) in [4.78, 5) is 23.5. The maximum absolute atomic E-state index is 11.8. The first-order valence-electron chi connectivity index (χ1n) is 5.99. The minimum Gasteiger partial charge on any atom is -0.318 e. The number of hydrogen-bond donors (Lipinski definition) is 2. The van der Waals surface area contributed by atoms with E-state index in [9.17, 15) is 9.59 Å². The lowest BCUT2D eigenvalue weighted by molar-refractivity contribution is -0.132. The van der Waals surface area contributed by atoms with Gasteiger partial charge in [-0.2, -0.15) is 0 Å². The molecule has 102 valence electrons. The van der Waals surface area contributed by atoms with E-state index in [1.165, 1.54) is 0 Å². The smallest absolute Gasteiger partial charge is 0.314 e. The molecule has 5 heteroatoms. The summed E-state index contributed by atoms with van der Waals surface area (Å²) >= 11 is 2.17. The van der Waals surface area contributed by atoms with Crippen LogP contribution in [0.5, 0.6) is 0 Å². The first-order chi connectivity index (χ1) is 9.54. The molecule has 0 saturated heterocycles. The van der Waals surface area contributed by atoms with Gasteiger partial charge in [-0.25, -0.2) is 0 Å². The molecular formula is C15H13IN2O2. The monoisotopic (exact) mass is 380 g/mol. The quantitative estimate of drug-likeness (QED) is 0.621. The standard InChI is InChI=1S/C15H13IN2O2/c1-10-3-2-4-13(9-10)18-15(20)14(19)17-12-7-5-11(16)6-8-12/h2-9H,1H3,(H,17,19)(H,18,20). The van der Waals surface area contributed by atoms with Gasteiger partial charge in [0.15, 0.2) is 0 Å². The second kappa shape index (κ2) is 6.51. The molecule has 0 radical (unpaired) electrons. The van der Waals surface area contributed by atoms with Crippen LogP contribution >= 0.6 is 22.6 Å². The molecule has 0 aliphatic heterocycles. The van der Waals surface area contributed by atoms with E-state index in [1.54, 1.807) is 24.3 Å². The summed E-state index contributed by atoms with van der Waals surface area (Å²) in [6.07, 6.45) is 0. The van der Waals surface area contributed by atoms with Gasteiger partial charge < -0.3 is 10.6 Å². The summed E-state index contributed by atoms with van der Waals surface area (Å²) < 4.78 is 1.06. The highest BCUT2D eigenvalue weighted by molar-refractivity contribution is 14.1. The summed E-state index contributed by atoms with van der Waals surface area (Å²) in [5.41, 5.74) is 2.21. The second-order valence-electron chi connectivity index (χ2n) is 4.28. The molecule has 0 heterocycles. The Morgan fingerprint density at radius 2 is 1.50 bits per heavy atom. The molecule has 0 bridgehead atoms. The Balaban J connectivity index is 1.98. The normalized spacial score (nSPS) is 9.90. The third-order valence-corrected chi connectivity index (χ3v) is 3.30. The van der Waals surface area contributed by atoms with Gasteiger partial charge in [-0.3, -0.25) is 9.59 Å². The number of amides is 2. The number of aryl methyl sites for hydroxylation is 1. The van der Waals surface area contributed by atoms with Crippen LogP contribution in [0, 0.1) is 10.5 Å². The zero-order valence-electron chi connectivity index (χ0n) is 10.8. The lowest BCUT2D eigenvalue weighted by Gasteiger charge is -2.07. The molecule has 20 heavy (non-hydrogen) atoms. The van der Waals surface area contributed by atoms with E-state index in [-0.39, 0.29) is 0 Å². The first kappa shape index (κ1) is 14.5. The van der Waals surface area contributed by atoms with Crippen molar-refractivity contribution in [3.8, 4) is 0 Å². The molecule has 2 aromatic rings. The molecule has 0 spiro atoms. The zero-order valence-corrected chi connectivity index (χ0v) is 13.0. The molecule has 2 amide bonds. The van der Waals surface area contributed by atoms with Gasteiger partial charge in [0, 0.05) is 14.9 Å². The van der Waals surface area contributed by atoms with Crippen molar-refractivity contribution in [2.75, 3.05) is 10.6 Å². The van der Waals surface area contributed by atoms with Crippen molar-refractivity contribution in [3.05, 3.63) is 57.7 Å². The maximum atomic E-state index is 11.8. The van der Waals surface area contributed by atoms with Crippen LogP contribution in [-0.4, -0.2) is 11.8 Å². The van der Waals surface area contributed by atoms with Crippen LogP contribution < -0.4 is 10.6 Å². The predicted molar refractivity (Wildman–Crippen MR) is 87.6 cm³/mol. The SMILES string of the molecule is Cc1cccc(NC(=O)C(=O)Nc2ccc(I)cc2)c1. The summed E-state index contributed by atoms with van der Waals surface area (Å²) in [5, 5.41) is 5.11. The van der Waals surface area contributed by atoms with Crippen molar-refractivity contribution in [3.63, 3.8) is 0 Å². The van der Waals surface area contributed by atoms with E-state index in [1.807, 2.05) is 31.2 Å². The predicted octanol–water partition coefficient (Wildman–Crippen LogP) is 3.18. The highest BCUT2D eigenvalue weighted by Crippen LogP contribution is 2.12. The molecule has 0 atom stereocenters. The van der Waals surface area contributed by atoms with Gasteiger partial charge in [-0.05, 0) is 71.5 Å². The Labute approximate surface area is 130 Å². The van der Waals surface area contributed by atoms with Crippen molar-refractivity contribution in [2.24, 2.45) is 0 Å². The van der Waals surface area contributed by atoms with E-state index < -0.39 is 11.8 Å². The Morgan fingerprint density at radius 1 is 0.900 bits per heavy atom. The van der Waals surface area contributed by atoms with Gasteiger partial charge in [0.05, 0.1) is 0 Å². The molecule has 0 aromatic heterocycles. The van der Waals surface area contributed by atoms with Crippen LogP contribution in [0.4, 0.5) is 11.4 Å². The second-order valence-corrected chi connectivity index (χ2v) is 5.53. The van der Waals surface area contributed by atoms with Gasteiger partial charge in [0.25, 0.3) is 0 Å². The third-order valence-electron chi connectivity index (χ3n) is 2.58. The fraction of sp³-hybridized carbons (Fsp3) is 0.0667. The Kier molecular flexibility index (Phi) is 4.73. The topological polar surface area (TPSA) is 58.2 Å². The van der Waals surface area contributed by atoms with Crippen LogP contribution in [0.2, 0.25) is 0 Å². The van der Waals surface area contributed by atoms with Gasteiger partial charge in [-0.15, -0.1) is 0 Å². The van der Waals surface area contributed by atoms with Crippen LogP contribution in [0.15, 0.2) is 48.5 Å². The van der Waals surface area contributed by atoms with Crippen LogP contribution in [0.1, 0.15) is 5.56 Å². The lowest BCUT2D eigenvalue weighted by Crippen LogP contribution is -2.29.